The lowest BCUT2D eigenvalue weighted by Crippen LogP contribution is -2.30. The molecule has 0 aliphatic heterocycles. The third-order valence-corrected chi connectivity index (χ3v) is 18.4. The van der Waals surface area contributed by atoms with Gasteiger partial charge < -0.3 is 33.8 Å². The van der Waals surface area contributed by atoms with Gasteiger partial charge in [-0.1, -0.05) is 278 Å². The number of allylic oxidation sites excluding steroid dienone is 4. The predicted octanol–water partition coefficient (Wildman–Crippen LogP) is 19.8. The van der Waals surface area contributed by atoms with Crippen LogP contribution in [0.4, 0.5) is 0 Å². The van der Waals surface area contributed by atoms with E-state index in [1.165, 1.54) is 116 Å². The molecule has 0 aromatic carbocycles. The van der Waals surface area contributed by atoms with Crippen molar-refractivity contribution in [2.24, 2.45) is 17.8 Å². The molecule has 0 rings (SSSR count). The topological polar surface area (TPSA) is 237 Å². The largest absolute Gasteiger partial charge is 0.472 e. The van der Waals surface area contributed by atoms with E-state index in [4.69, 9.17) is 37.0 Å². The van der Waals surface area contributed by atoms with Crippen LogP contribution in [-0.2, 0) is 65.4 Å². The van der Waals surface area contributed by atoms with Gasteiger partial charge in [0.2, 0.25) is 0 Å². The molecule has 0 saturated heterocycles. The number of rotatable bonds is 67. The Morgan fingerprint density at radius 1 is 0.367 bits per heavy atom. The zero-order valence-electron chi connectivity index (χ0n) is 58.1. The SMILES string of the molecule is CCCCCC/C=C\C=C/CCCCCCCC(=O)OC[C@H](COP(=O)(O)OC[C@@H](O)COP(=O)(O)OC[C@@H](COC(=O)CCCCCCCCC(C)CC)OC(=O)CCCCCCCCCCCCC(C)C)OC(=O)CCCCCCCCCCC(C)CC. The van der Waals surface area contributed by atoms with Gasteiger partial charge in [-0.05, 0) is 69.1 Å². The van der Waals surface area contributed by atoms with Crippen LogP contribution in [-0.4, -0.2) is 96.7 Å². The summed E-state index contributed by atoms with van der Waals surface area (Å²) in [4.78, 5) is 72.6. The number of phosphoric ester groups is 2. The molecule has 4 unspecified atom stereocenters. The Morgan fingerprint density at radius 2 is 0.656 bits per heavy atom. The molecule has 0 spiro atoms. The summed E-state index contributed by atoms with van der Waals surface area (Å²) >= 11 is 0. The summed E-state index contributed by atoms with van der Waals surface area (Å²) in [5.41, 5.74) is 0. The molecule has 0 amide bonds. The smallest absolute Gasteiger partial charge is 0.462 e. The van der Waals surface area contributed by atoms with Crippen molar-refractivity contribution in [1.29, 1.82) is 0 Å². The number of phosphoric acid groups is 2. The van der Waals surface area contributed by atoms with Crippen LogP contribution in [0, 0.1) is 17.8 Å². The molecule has 90 heavy (non-hydrogen) atoms. The minimum absolute atomic E-state index is 0.0976. The quantitative estimate of drug-likeness (QED) is 0.0169. The summed E-state index contributed by atoms with van der Waals surface area (Å²) in [5.74, 6) is 0.0878. The summed E-state index contributed by atoms with van der Waals surface area (Å²) in [7, 11) is -9.92. The maximum atomic E-state index is 13.0. The summed E-state index contributed by atoms with van der Waals surface area (Å²) in [6.07, 6.45) is 48.0. The van der Waals surface area contributed by atoms with Crippen LogP contribution >= 0.6 is 15.6 Å². The Kier molecular flexibility index (Phi) is 59.7. The van der Waals surface area contributed by atoms with E-state index in [-0.39, 0.29) is 25.7 Å². The second kappa shape index (κ2) is 61.4. The molecule has 0 radical (unpaired) electrons. The maximum absolute atomic E-state index is 13.0. The summed E-state index contributed by atoms with van der Waals surface area (Å²) in [5, 5.41) is 10.6. The van der Waals surface area contributed by atoms with E-state index in [1.54, 1.807) is 0 Å². The van der Waals surface area contributed by atoms with Crippen molar-refractivity contribution in [3.63, 3.8) is 0 Å². The van der Waals surface area contributed by atoms with Crippen molar-refractivity contribution in [2.45, 2.75) is 349 Å². The van der Waals surface area contributed by atoms with Gasteiger partial charge in [0, 0.05) is 25.7 Å². The first kappa shape index (κ1) is 87.5. The summed E-state index contributed by atoms with van der Waals surface area (Å²) in [6.45, 7) is 11.7. The molecule has 0 heterocycles. The molecule has 19 heteroatoms. The number of carbonyl (C=O) groups excluding carboxylic acids is 4. The van der Waals surface area contributed by atoms with E-state index in [0.717, 1.165) is 133 Å². The first-order chi connectivity index (χ1) is 43.3. The molecule has 0 aliphatic carbocycles. The third kappa shape index (κ3) is 61.7. The predicted molar refractivity (Wildman–Crippen MR) is 363 cm³/mol. The lowest BCUT2D eigenvalue weighted by Gasteiger charge is -2.21. The number of hydrogen-bond acceptors (Lipinski definition) is 15. The fourth-order valence-electron chi connectivity index (χ4n) is 10.1. The molecular weight excluding hydrogens is 1190 g/mol. The van der Waals surface area contributed by atoms with Crippen LogP contribution in [0.3, 0.4) is 0 Å². The number of hydrogen-bond donors (Lipinski definition) is 3. The molecule has 530 valence electrons. The van der Waals surface area contributed by atoms with Crippen LogP contribution in [0.2, 0.25) is 0 Å². The monoisotopic (exact) mass is 1320 g/mol. The molecule has 0 saturated carbocycles. The van der Waals surface area contributed by atoms with Gasteiger partial charge in [0.05, 0.1) is 26.4 Å². The second-order valence-corrected chi connectivity index (χ2v) is 28.8. The van der Waals surface area contributed by atoms with Gasteiger partial charge in [-0.25, -0.2) is 9.13 Å². The van der Waals surface area contributed by atoms with Crippen LogP contribution in [0.15, 0.2) is 24.3 Å². The maximum Gasteiger partial charge on any atom is 0.472 e. The van der Waals surface area contributed by atoms with Crippen molar-refractivity contribution < 1.29 is 80.2 Å². The fourth-order valence-corrected chi connectivity index (χ4v) is 11.7. The highest BCUT2D eigenvalue weighted by molar-refractivity contribution is 7.47. The molecule has 3 N–H and O–H groups in total. The van der Waals surface area contributed by atoms with Crippen molar-refractivity contribution in [3.05, 3.63) is 24.3 Å². The molecule has 0 aliphatic rings. The standard InChI is InChI=1S/C71H134O17P2/c1-8-11-12-13-14-15-16-17-18-19-20-24-30-38-45-52-68(73)81-58-66(88-71(76)55-48-41-32-27-26-29-36-43-50-63(6)9-2)60-85-89(77,78)83-56-65(72)57-84-90(79,80)86-61-67(59-82-69(74)53-46-39-34-33-37-44-51-64(7)10-3)87-70(75)54-47-40-31-25-22-21-23-28-35-42-49-62(4)5/h15-18,62-67,72H,8-14,19-61H2,1-7H3,(H,77,78)(H,79,80)/b16-15-,18-17-/t63?,64?,65-,66-,67-/m1/s1. The Balaban J connectivity index is 5.30. The van der Waals surface area contributed by atoms with Crippen molar-refractivity contribution in [3.8, 4) is 0 Å². The molecule has 0 aromatic heterocycles. The van der Waals surface area contributed by atoms with E-state index in [0.29, 0.717) is 25.7 Å². The highest BCUT2D eigenvalue weighted by atomic mass is 31.2. The van der Waals surface area contributed by atoms with Crippen LogP contribution in [0.1, 0.15) is 331 Å². The lowest BCUT2D eigenvalue weighted by atomic mass is 9.99. The minimum Gasteiger partial charge on any atom is -0.462 e. The Bertz CT molecular complexity index is 1860. The first-order valence-electron chi connectivity index (χ1n) is 36.2. The minimum atomic E-state index is -4.96. The highest BCUT2D eigenvalue weighted by Crippen LogP contribution is 2.45. The van der Waals surface area contributed by atoms with Gasteiger partial charge in [-0.15, -0.1) is 0 Å². The molecule has 0 fully saturated rings. The number of carbonyl (C=O) groups is 4. The second-order valence-electron chi connectivity index (χ2n) is 25.9. The fraction of sp³-hybridized carbons (Fsp3) is 0.887. The van der Waals surface area contributed by atoms with Gasteiger partial charge in [0.15, 0.2) is 12.2 Å². The van der Waals surface area contributed by atoms with E-state index in [9.17, 15) is 43.2 Å². The van der Waals surface area contributed by atoms with E-state index in [1.807, 2.05) is 0 Å². The highest BCUT2D eigenvalue weighted by Gasteiger charge is 2.30. The van der Waals surface area contributed by atoms with Gasteiger partial charge >= 0.3 is 39.5 Å². The number of aliphatic hydroxyl groups excluding tert-OH is 1. The molecule has 0 aromatic rings. The van der Waals surface area contributed by atoms with Gasteiger partial charge in [0.1, 0.15) is 19.3 Å². The van der Waals surface area contributed by atoms with Gasteiger partial charge in [-0.2, -0.15) is 0 Å². The van der Waals surface area contributed by atoms with Crippen LogP contribution < -0.4 is 0 Å². The number of esters is 4. The number of ether oxygens (including phenoxy) is 4. The Hall–Kier alpha value is -2.46. The molecule has 7 atom stereocenters. The van der Waals surface area contributed by atoms with E-state index >= 15 is 0 Å². The number of unbranched alkanes of at least 4 members (excludes halogenated alkanes) is 30. The zero-order chi connectivity index (χ0) is 66.6. The van der Waals surface area contributed by atoms with Crippen LogP contribution in [0.25, 0.3) is 0 Å². The summed E-state index contributed by atoms with van der Waals surface area (Å²) in [6, 6.07) is 0. The normalized spacial score (nSPS) is 15.0. The average Bonchev–Trinajstić information content (AvgIpc) is 3.50. The zero-order valence-corrected chi connectivity index (χ0v) is 59.9. The summed E-state index contributed by atoms with van der Waals surface area (Å²) < 4.78 is 68.3. The van der Waals surface area contributed by atoms with Crippen molar-refractivity contribution >= 4 is 39.5 Å². The molecule has 0 bridgehead atoms. The lowest BCUT2D eigenvalue weighted by molar-refractivity contribution is -0.161. The Morgan fingerprint density at radius 3 is 0.989 bits per heavy atom. The van der Waals surface area contributed by atoms with Crippen LogP contribution in [0.5, 0.6) is 0 Å². The molecular formula is C71H134O17P2. The van der Waals surface area contributed by atoms with Gasteiger partial charge in [-0.3, -0.25) is 37.3 Å². The molecule has 17 nitrogen and oxygen atoms in total. The Labute approximate surface area is 548 Å². The van der Waals surface area contributed by atoms with Gasteiger partial charge in [0.25, 0.3) is 0 Å². The van der Waals surface area contributed by atoms with E-state index in [2.05, 4.69) is 72.8 Å². The van der Waals surface area contributed by atoms with E-state index < -0.39 is 97.5 Å². The van der Waals surface area contributed by atoms with Crippen molar-refractivity contribution in [2.75, 3.05) is 39.6 Å². The third-order valence-electron chi connectivity index (χ3n) is 16.5. The number of aliphatic hydroxyl groups is 1. The average molecular weight is 1320 g/mol. The van der Waals surface area contributed by atoms with Crippen molar-refractivity contribution in [1.82, 2.24) is 0 Å². The first-order valence-corrected chi connectivity index (χ1v) is 39.2.